The molecular weight excluding hydrogens is 284 g/mol. The lowest BCUT2D eigenvalue weighted by atomic mass is 10.1. The van der Waals surface area contributed by atoms with Gasteiger partial charge in [-0.1, -0.05) is 23.8 Å². The Labute approximate surface area is 126 Å². The number of anilines is 1. The van der Waals surface area contributed by atoms with E-state index in [2.05, 4.69) is 42.1 Å². The number of sulfonamides is 1. The Bertz CT molecular complexity index is 722. The van der Waals surface area contributed by atoms with E-state index in [1.165, 1.54) is 23.7 Å². The number of hydrogen-bond acceptors (Lipinski definition) is 3. The third kappa shape index (κ3) is 3.83. The molecule has 2 rings (SSSR count). The van der Waals surface area contributed by atoms with E-state index in [1.807, 2.05) is 0 Å². The predicted molar refractivity (Wildman–Crippen MR) is 85.9 cm³/mol. The van der Waals surface area contributed by atoms with Crippen LogP contribution in [0.3, 0.4) is 0 Å². The molecule has 2 aromatic carbocycles. The Morgan fingerprint density at radius 2 is 1.67 bits per heavy atom. The van der Waals surface area contributed by atoms with Crippen LogP contribution >= 0.6 is 0 Å². The number of hydrogen-bond donors (Lipinski definition) is 2. The summed E-state index contributed by atoms with van der Waals surface area (Å²) in [5.41, 5.74) is 4.60. The Morgan fingerprint density at radius 1 is 1.00 bits per heavy atom. The molecule has 0 aliphatic carbocycles. The molecule has 0 saturated heterocycles. The molecule has 2 aromatic rings. The maximum atomic E-state index is 11.6. The van der Waals surface area contributed by atoms with Crippen molar-refractivity contribution in [3.63, 3.8) is 0 Å². The average Bonchev–Trinajstić information content (AvgIpc) is 2.48. The Kier molecular flexibility index (Phi) is 4.65. The molecule has 0 amide bonds. The van der Waals surface area contributed by atoms with Crippen LogP contribution < -0.4 is 10.0 Å². The van der Waals surface area contributed by atoms with Gasteiger partial charge in [0, 0.05) is 12.2 Å². The quantitative estimate of drug-likeness (QED) is 0.893. The van der Waals surface area contributed by atoms with Gasteiger partial charge in [-0.15, -0.1) is 0 Å². The van der Waals surface area contributed by atoms with Crippen molar-refractivity contribution in [2.45, 2.75) is 25.3 Å². The average molecular weight is 304 g/mol. The molecule has 0 spiro atoms. The topological polar surface area (TPSA) is 58.2 Å². The second-order valence-electron chi connectivity index (χ2n) is 5.02. The molecule has 4 nitrogen and oxygen atoms in total. The van der Waals surface area contributed by atoms with Gasteiger partial charge >= 0.3 is 0 Å². The largest absolute Gasteiger partial charge is 0.381 e. The van der Waals surface area contributed by atoms with Gasteiger partial charge in [0.15, 0.2) is 0 Å². The minimum atomic E-state index is -3.37. The van der Waals surface area contributed by atoms with Gasteiger partial charge in [-0.3, -0.25) is 0 Å². The normalized spacial score (nSPS) is 11.4. The van der Waals surface area contributed by atoms with E-state index in [1.54, 1.807) is 24.3 Å². The van der Waals surface area contributed by atoms with Crippen molar-refractivity contribution in [1.29, 1.82) is 0 Å². The molecule has 0 heterocycles. The van der Waals surface area contributed by atoms with E-state index in [4.69, 9.17) is 0 Å². The van der Waals surface area contributed by atoms with Crippen LogP contribution in [0.1, 0.15) is 16.7 Å². The number of aryl methyl sites for hydroxylation is 2. The fourth-order valence-electron chi connectivity index (χ4n) is 2.06. The van der Waals surface area contributed by atoms with Crippen LogP contribution in [0.4, 0.5) is 5.69 Å². The fourth-order valence-corrected chi connectivity index (χ4v) is 2.79. The minimum Gasteiger partial charge on any atom is -0.381 e. The molecule has 0 saturated carbocycles. The van der Waals surface area contributed by atoms with Gasteiger partial charge in [0.25, 0.3) is 0 Å². The first-order valence-corrected chi connectivity index (χ1v) is 8.24. The molecule has 0 aromatic heterocycles. The summed E-state index contributed by atoms with van der Waals surface area (Å²) in [5, 5.41) is 3.31. The van der Waals surface area contributed by atoms with Crippen LogP contribution in [0.25, 0.3) is 0 Å². The second-order valence-corrected chi connectivity index (χ2v) is 6.90. The van der Waals surface area contributed by atoms with Crippen LogP contribution in [0.5, 0.6) is 0 Å². The van der Waals surface area contributed by atoms with Crippen molar-refractivity contribution in [3.05, 3.63) is 59.2 Å². The summed E-state index contributed by atoms with van der Waals surface area (Å²) in [5.74, 6) is 0. The van der Waals surface area contributed by atoms with Gasteiger partial charge < -0.3 is 5.32 Å². The monoisotopic (exact) mass is 304 g/mol. The highest BCUT2D eigenvalue weighted by Gasteiger charge is 2.10. The molecular formula is C16H20N2O2S. The van der Waals surface area contributed by atoms with Crippen molar-refractivity contribution in [2.24, 2.45) is 0 Å². The van der Waals surface area contributed by atoms with Crippen molar-refractivity contribution >= 4 is 15.7 Å². The van der Waals surface area contributed by atoms with Crippen LogP contribution in [-0.2, 0) is 16.6 Å². The van der Waals surface area contributed by atoms with Crippen molar-refractivity contribution < 1.29 is 8.42 Å². The smallest absolute Gasteiger partial charge is 0.240 e. The number of nitrogens with one attached hydrogen (secondary N) is 2. The number of benzene rings is 2. The van der Waals surface area contributed by atoms with Crippen LogP contribution in [-0.4, -0.2) is 15.5 Å². The zero-order valence-corrected chi connectivity index (χ0v) is 13.3. The zero-order chi connectivity index (χ0) is 15.5. The summed E-state index contributed by atoms with van der Waals surface area (Å²) in [6.07, 6.45) is 0. The molecule has 0 aliphatic rings. The first-order valence-electron chi connectivity index (χ1n) is 6.76. The fraction of sp³-hybridized carbons (Fsp3) is 0.250. The summed E-state index contributed by atoms with van der Waals surface area (Å²) in [6, 6.07) is 13.1. The molecule has 0 atom stereocenters. The molecule has 0 bridgehead atoms. The van der Waals surface area contributed by atoms with Gasteiger partial charge in [-0.25, -0.2) is 13.1 Å². The highest BCUT2D eigenvalue weighted by Crippen LogP contribution is 2.16. The van der Waals surface area contributed by atoms with Crippen molar-refractivity contribution in [3.8, 4) is 0 Å². The summed E-state index contributed by atoms with van der Waals surface area (Å²) >= 11 is 0. The van der Waals surface area contributed by atoms with Crippen LogP contribution in [0, 0.1) is 13.8 Å². The third-order valence-electron chi connectivity index (χ3n) is 3.42. The first kappa shape index (κ1) is 15.5. The van der Waals surface area contributed by atoms with E-state index in [9.17, 15) is 8.42 Å². The lowest BCUT2D eigenvalue weighted by Gasteiger charge is -2.10. The number of rotatable bonds is 5. The molecule has 5 heteroatoms. The highest BCUT2D eigenvalue weighted by atomic mass is 32.2. The van der Waals surface area contributed by atoms with E-state index in [0.29, 0.717) is 6.54 Å². The predicted octanol–water partition coefficient (Wildman–Crippen LogP) is 2.82. The lowest BCUT2D eigenvalue weighted by Crippen LogP contribution is -2.18. The van der Waals surface area contributed by atoms with E-state index in [0.717, 1.165) is 5.69 Å². The van der Waals surface area contributed by atoms with Gasteiger partial charge in [0.2, 0.25) is 10.0 Å². The summed E-state index contributed by atoms with van der Waals surface area (Å²) < 4.78 is 25.6. The molecule has 0 radical (unpaired) electrons. The Morgan fingerprint density at radius 3 is 2.29 bits per heavy atom. The first-order chi connectivity index (χ1) is 9.92. The van der Waals surface area contributed by atoms with E-state index >= 15 is 0 Å². The van der Waals surface area contributed by atoms with Crippen LogP contribution in [0.2, 0.25) is 0 Å². The molecule has 0 aliphatic heterocycles. The van der Waals surface area contributed by atoms with Crippen molar-refractivity contribution in [2.75, 3.05) is 12.4 Å². The van der Waals surface area contributed by atoms with E-state index in [-0.39, 0.29) is 4.90 Å². The second kappa shape index (κ2) is 6.28. The molecule has 112 valence electrons. The minimum absolute atomic E-state index is 0.266. The Balaban J connectivity index is 2.09. The van der Waals surface area contributed by atoms with Gasteiger partial charge in [0.1, 0.15) is 0 Å². The van der Waals surface area contributed by atoms with Gasteiger partial charge in [0.05, 0.1) is 4.90 Å². The maximum absolute atomic E-state index is 11.6. The van der Waals surface area contributed by atoms with Gasteiger partial charge in [-0.05, 0) is 56.3 Å². The lowest BCUT2D eigenvalue weighted by molar-refractivity contribution is 0.588. The van der Waals surface area contributed by atoms with Crippen molar-refractivity contribution in [1.82, 2.24) is 4.72 Å². The standard InChI is InChI=1S/C16H20N2O2S/c1-12-4-5-13(2)14(10-12)11-18-15-6-8-16(9-7-15)21(19,20)17-3/h4-10,17-18H,11H2,1-3H3. The SMILES string of the molecule is CNS(=O)(=O)c1ccc(NCc2cc(C)ccc2C)cc1. The Hall–Kier alpha value is -1.85. The molecule has 0 unspecified atom stereocenters. The van der Waals surface area contributed by atoms with E-state index < -0.39 is 10.0 Å². The third-order valence-corrected chi connectivity index (χ3v) is 4.85. The molecule has 0 fully saturated rings. The highest BCUT2D eigenvalue weighted by molar-refractivity contribution is 7.89. The summed E-state index contributed by atoms with van der Waals surface area (Å²) in [7, 11) is -1.97. The molecule has 21 heavy (non-hydrogen) atoms. The van der Waals surface area contributed by atoms with Gasteiger partial charge in [-0.2, -0.15) is 0 Å². The summed E-state index contributed by atoms with van der Waals surface area (Å²) in [4.78, 5) is 0.266. The summed E-state index contributed by atoms with van der Waals surface area (Å²) in [6.45, 7) is 4.87. The van der Waals surface area contributed by atoms with Crippen LogP contribution in [0.15, 0.2) is 47.4 Å². The maximum Gasteiger partial charge on any atom is 0.240 e. The molecule has 2 N–H and O–H groups in total. The zero-order valence-electron chi connectivity index (χ0n) is 12.5.